The Labute approximate surface area is 177 Å². The van der Waals surface area contributed by atoms with Gasteiger partial charge < -0.3 is 15.5 Å². The van der Waals surface area contributed by atoms with Crippen LogP contribution < -0.4 is 10.6 Å². The van der Waals surface area contributed by atoms with Gasteiger partial charge in [-0.3, -0.25) is 14.4 Å². The van der Waals surface area contributed by atoms with Crippen LogP contribution in [0.25, 0.3) is 0 Å². The van der Waals surface area contributed by atoms with E-state index in [1.165, 1.54) is 0 Å². The molecule has 2 aliphatic rings. The zero-order chi connectivity index (χ0) is 20.6. The molecule has 0 unspecified atom stereocenters. The summed E-state index contributed by atoms with van der Waals surface area (Å²) in [5.41, 5.74) is 0.636. The SMILES string of the molecule is O=C(N[C@@H]1CCCC[C@H]1NC(=O)C1CCN(C(=O)CCCl)CC1)c1ccccc1. The maximum Gasteiger partial charge on any atom is 0.251 e. The standard InChI is InChI=1S/C22H30ClN3O3/c23-13-10-20(27)26-14-11-17(12-15-26)22(29)25-19-9-5-4-8-18(19)24-21(28)16-6-2-1-3-7-16/h1-3,6-7,17-19H,4-5,8-15H2,(H,24,28)(H,25,29)/t18-,19-/m1/s1. The van der Waals surface area contributed by atoms with Gasteiger partial charge in [-0.05, 0) is 37.8 Å². The third-order valence-electron chi connectivity index (χ3n) is 5.97. The Bertz CT molecular complexity index is 705. The highest BCUT2D eigenvalue weighted by molar-refractivity contribution is 6.18. The van der Waals surface area contributed by atoms with Gasteiger partial charge in [-0.15, -0.1) is 11.6 Å². The first kappa shape index (κ1) is 21.6. The maximum atomic E-state index is 12.8. The molecule has 0 bridgehead atoms. The van der Waals surface area contributed by atoms with Crippen LogP contribution in [0.1, 0.15) is 55.3 Å². The fourth-order valence-electron chi connectivity index (χ4n) is 4.25. The van der Waals surface area contributed by atoms with Crippen LogP contribution in [0.4, 0.5) is 0 Å². The molecule has 2 N–H and O–H groups in total. The van der Waals surface area contributed by atoms with E-state index < -0.39 is 0 Å². The molecule has 1 saturated carbocycles. The summed E-state index contributed by atoms with van der Waals surface area (Å²) in [6.07, 6.45) is 5.54. The second-order valence-corrected chi connectivity index (χ2v) is 8.32. The Morgan fingerprint density at radius 1 is 0.931 bits per heavy atom. The molecule has 29 heavy (non-hydrogen) atoms. The van der Waals surface area contributed by atoms with Gasteiger partial charge in [-0.1, -0.05) is 31.0 Å². The van der Waals surface area contributed by atoms with Gasteiger partial charge >= 0.3 is 0 Å². The first-order valence-corrected chi connectivity index (χ1v) is 11.1. The number of alkyl halides is 1. The van der Waals surface area contributed by atoms with Crippen LogP contribution in [0.5, 0.6) is 0 Å². The van der Waals surface area contributed by atoms with Crippen molar-refractivity contribution in [3.63, 3.8) is 0 Å². The highest BCUT2D eigenvalue weighted by atomic mass is 35.5. The summed E-state index contributed by atoms with van der Waals surface area (Å²) in [4.78, 5) is 39.1. The fourth-order valence-corrected chi connectivity index (χ4v) is 4.41. The van der Waals surface area contributed by atoms with Crippen molar-refractivity contribution in [3.05, 3.63) is 35.9 Å². The van der Waals surface area contributed by atoms with E-state index in [-0.39, 0.29) is 35.7 Å². The number of rotatable bonds is 6. The summed E-state index contributed by atoms with van der Waals surface area (Å²) in [6, 6.07) is 9.08. The molecular weight excluding hydrogens is 390 g/mol. The van der Waals surface area contributed by atoms with Crippen molar-refractivity contribution in [1.82, 2.24) is 15.5 Å². The largest absolute Gasteiger partial charge is 0.351 e. The zero-order valence-corrected chi connectivity index (χ0v) is 17.5. The quantitative estimate of drug-likeness (QED) is 0.696. The summed E-state index contributed by atoms with van der Waals surface area (Å²) in [6.45, 7) is 1.21. The third kappa shape index (κ3) is 5.95. The lowest BCUT2D eigenvalue weighted by atomic mass is 9.88. The lowest BCUT2D eigenvalue weighted by molar-refractivity contribution is -0.135. The number of hydrogen-bond acceptors (Lipinski definition) is 3. The average molecular weight is 420 g/mol. The molecular formula is C22H30ClN3O3. The van der Waals surface area contributed by atoms with Gasteiger partial charge in [0.1, 0.15) is 0 Å². The molecule has 0 spiro atoms. The van der Waals surface area contributed by atoms with Gasteiger partial charge in [0.05, 0.1) is 0 Å². The highest BCUT2D eigenvalue weighted by Crippen LogP contribution is 2.22. The van der Waals surface area contributed by atoms with Crippen LogP contribution in [0.15, 0.2) is 30.3 Å². The van der Waals surface area contributed by atoms with E-state index in [0.29, 0.717) is 43.8 Å². The molecule has 1 saturated heterocycles. The van der Waals surface area contributed by atoms with Gasteiger partial charge in [0.15, 0.2) is 0 Å². The molecule has 2 fully saturated rings. The highest BCUT2D eigenvalue weighted by Gasteiger charge is 2.32. The van der Waals surface area contributed by atoms with Gasteiger partial charge in [-0.25, -0.2) is 0 Å². The van der Waals surface area contributed by atoms with Crippen LogP contribution in [-0.2, 0) is 9.59 Å². The number of hydrogen-bond donors (Lipinski definition) is 2. The molecule has 158 valence electrons. The van der Waals surface area contributed by atoms with Crippen LogP contribution in [0, 0.1) is 5.92 Å². The topological polar surface area (TPSA) is 78.5 Å². The molecule has 1 aromatic rings. The van der Waals surface area contributed by atoms with Gasteiger partial charge in [0.25, 0.3) is 5.91 Å². The predicted molar refractivity (Wildman–Crippen MR) is 113 cm³/mol. The van der Waals surface area contributed by atoms with Crippen molar-refractivity contribution in [1.29, 1.82) is 0 Å². The van der Waals surface area contributed by atoms with Crippen LogP contribution >= 0.6 is 11.6 Å². The molecule has 1 aliphatic heterocycles. The zero-order valence-electron chi connectivity index (χ0n) is 16.7. The first-order valence-electron chi connectivity index (χ1n) is 10.6. The van der Waals surface area contributed by atoms with Crippen molar-refractivity contribution in [2.24, 2.45) is 5.92 Å². The number of carbonyl (C=O) groups excluding carboxylic acids is 3. The van der Waals surface area contributed by atoms with Gasteiger partial charge in [-0.2, -0.15) is 0 Å². The van der Waals surface area contributed by atoms with Crippen LogP contribution in [-0.4, -0.2) is 53.7 Å². The van der Waals surface area contributed by atoms with E-state index in [0.717, 1.165) is 25.7 Å². The van der Waals surface area contributed by atoms with Crippen molar-refractivity contribution in [2.75, 3.05) is 19.0 Å². The first-order chi connectivity index (χ1) is 14.1. The number of carbonyl (C=O) groups is 3. The monoisotopic (exact) mass is 419 g/mol. The Morgan fingerprint density at radius 2 is 1.55 bits per heavy atom. The van der Waals surface area contributed by atoms with Crippen LogP contribution in [0.2, 0.25) is 0 Å². The molecule has 3 rings (SSSR count). The Morgan fingerprint density at radius 3 is 2.17 bits per heavy atom. The minimum absolute atomic E-state index is 0.0418. The van der Waals surface area contributed by atoms with Crippen molar-refractivity contribution < 1.29 is 14.4 Å². The molecule has 0 aromatic heterocycles. The predicted octanol–water partition coefficient (Wildman–Crippen LogP) is 2.71. The van der Waals surface area contributed by atoms with E-state index in [1.54, 1.807) is 17.0 Å². The minimum atomic E-state index is -0.0946. The van der Waals surface area contributed by atoms with Gasteiger partial charge in [0, 0.05) is 49.0 Å². The summed E-state index contributed by atoms with van der Waals surface area (Å²) in [5.74, 6) is 0.261. The Balaban J connectivity index is 1.52. The number of halogens is 1. The van der Waals surface area contributed by atoms with E-state index in [9.17, 15) is 14.4 Å². The summed E-state index contributed by atoms with van der Waals surface area (Å²) < 4.78 is 0. The number of benzene rings is 1. The lowest BCUT2D eigenvalue weighted by Gasteiger charge is -2.36. The second kappa shape index (κ2) is 10.6. The number of nitrogens with zero attached hydrogens (tertiary/aromatic N) is 1. The number of likely N-dealkylation sites (tertiary alicyclic amines) is 1. The fraction of sp³-hybridized carbons (Fsp3) is 0.591. The summed E-state index contributed by atoms with van der Waals surface area (Å²) >= 11 is 5.65. The smallest absolute Gasteiger partial charge is 0.251 e. The molecule has 1 aliphatic carbocycles. The lowest BCUT2D eigenvalue weighted by Crippen LogP contribution is -2.55. The third-order valence-corrected chi connectivity index (χ3v) is 6.16. The maximum absolute atomic E-state index is 12.8. The molecule has 7 heteroatoms. The summed E-state index contributed by atoms with van der Waals surface area (Å²) in [7, 11) is 0. The number of piperidine rings is 1. The normalized spacial score (nSPS) is 22.7. The van der Waals surface area contributed by atoms with Crippen molar-refractivity contribution >= 4 is 29.3 Å². The molecule has 2 atom stereocenters. The summed E-state index contributed by atoms with van der Waals surface area (Å²) in [5, 5.41) is 6.30. The van der Waals surface area contributed by atoms with E-state index in [1.807, 2.05) is 18.2 Å². The molecule has 1 aromatic carbocycles. The molecule has 1 heterocycles. The molecule has 0 radical (unpaired) electrons. The van der Waals surface area contributed by atoms with Gasteiger partial charge in [0.2, 0.25) is 11.8 Å². The average Bonchev–Trinajstić information content (AvgIpc) is 2.76. The van der Waals surface area contributed by atoms with Crippen LogP contribution in [0.3, 0.4) is 0 Å². The minimum Gasteiger partial charge on any atom is -0.351 e. The van der Waals surface area contributed by atoms with Crippen molar-refractivity contribution in [2.45, 2.75) is 57.0 Å². The number of amides is 3. The molecule has 3 amide bonds. The van der Waals surface area contributed by atoms with Crippen molar-refractivity contribution in [3.8, 4) is 0 Å². The molecule has 6 nitrogen and oxygen atoms in total. The van der Waals surface area contributed by atoms with E-state index >= 15 is 0 Å². The Kier molecular flexibility index (Phi) is 7.92. The Hall–Kier alpha value is -2.08. The van der Waals surface area contributed by atoms with E-state index in [2.05, 4.69) is 10.6 Å². The van der Waals surface area contributed by atoms with E-state index in [4.69, 9.17) is 11.6 Å². The second-order valence-electron chi connectivity index (χ2n) is 7.94. The number of nitrogens with one attached hydrogen (secondary N) is 2.